The molecule has 1 rings (SSSR count). The van der Waals surface area contributed by atoms with Crippen LogP contribution < -0.4 is 40.0 Å². The smallest absolute Gasteiger partial charge is 0.860 e. The van der Waals surface area contributed by atoms with Gasteiger partial charge in [-0.15, -0.1) is 0 Å². The molecule has 162 valence electrons. The molecule has 2 N–H and O–H groups in total. The standard InChI is InChI=1S/C17H30N2O8S.Na/c1-2-3-4-5-6-7-8-9-10-11-14(20)27-17-16(22)18-13(15(21)19-17)12-26-28(23,24)25;/h13,17H,2-12H2,1H3,(H,18,22)(H,19,21)(H,23,24,25);/q;+1/p-1/t13-,17+;/m0./s1. The van der Waals surface area contributed by atoms with Crippen molar-refractivity contribution in [1.82, 2.24) is 5.32 Å². The SMILES string of the molecule is CCCCCCCCCCCC(=O)O[C@H]1N=C([O-])[C@H](COS(=O)(=O)O)NC1=O.[Na+]. The van der Waals surface area contributed by atoms with Crippen molar-refractivity contribution in [3.63, 3.8) is 0 Å². The normalized spacial score (nSPS) is 19.1. The minimum absolute atomic E-state index is 0. The van der Waals surface area contributed by atoms with Crippen molar-refractivity contribution < 1.29 is 66.1 Å². The molecule has 0 aromatic carbocycles. The van der Waals surface area contributed by atoms with E-state index in [1.54, 1.807) is 0 Å². The molecule has 1 aliphatic rings. The van der Waals surface area contributed by atoms with Gasteiger partial charge in [-0.05, 0) is 12.3 Å². The fourth-order valence-corrected chi connectivity index (χ4v) is 2.99. The topological polar surface area (TPSA) is 154 Å². The summed E-state index contributed by atoms with van der Waals surface area (Å²) in [6.07, 6.45) is 8.36. The zero-order valence-electron chi connectivity index (χ0n) is 17.1. The Kier molecular flexibility index (Phi) is 14.8. The molecule has 0 aliphatic carbocycles. The van der Waals surface area contributed by atoms with E-state index in [0.717, 1.165) is 19.3 Å². The number of ether oxygens (including phenoxy) is 1. The van der Waals surface area contributed by atoms with E-state index in [9.17, 15) is 23.1 Å². The Bertz CT molecular complexity index is 641. The average Bonchev–Trinajstić information content (AvgIpc) is 2.61. The Morgan fingerprint density at radius 3 is 2.24 bits per heavy atom. The van der Waals surface area contributed by atoms with Crippen LogP contribution in [0.5, 0.6) is 0 Å². The minimum atomic E-state index is -4.75. The van der Waals surface area contributed by atoms with Gasteiger partial charge in [-0.1, -0.05) is 58.3 Å². The number of carbonyl (C=O) groups excluding carboxylic acids is 2. The number of unbranched alkanes of at least 4 members (excludes halogenated alkanes) is 8. The van der Waals surface area contributed by atoms with Crippen molar-refractivity contribution >= 4 is 28.2 Å². The van der Waals surface area contributed by atoms with Gasteiger partial charge in [0.2, 0.25) is 0 Å². The van der Waals surface area contributed by atoms with E-state index in [2.05, 4.69) is 21.4 Å². The monoisotopic (exact) mass is 444 g/mol. The summed E-state index contributed by atoms with van der Waals surface area (Å²) in [4.78, 5) is 27.1. The van der Waals surface area contributed by atoms with E-state index >= 15 is 0 Å². The zero-order chi connectivity index (χ0) is 21.0. The van der Waals surface area contributed by atoms with Crippen LogP contribution in [0.4, 0.5) is 0 Å². The van der Waals surface area contributed by atoms with Gasteiger partial charge >= 0.3 is 45.9 Å². The van der Waals surface area contributed by atoms with E-state index in [4.69, 9.17) is 9.29 Å². The fraction of sp³-hybridized carbons (Fsp3) is 0.824. The molecule has 0 radical (unpaired) electrons. The molecular formula is C17H29N2NaO8S. The first-order valence-corrected chi connectivity index (χ1v) is 11.0. The van der Waals surface area contributed by atoms with Crippen LogP contribution in [0.3, 0.4) is 0 Å². The molecule has 0 saturated carbocycles. The van der Waals surface area contributed by atoms with Gasteiger partial charge in [-0.3, -0.25) is 19.1 Å². The molecule has 0 fully saturated rings. The summed E-state index contributed by atoms with van der Waals surface area (Å²) in [5.41, 5.74) is 0. The summed E-state index contributed by atoms with van der Waals surface area (Å²) < 4.78 is 38.4. The number of aliphatic imine (C=N–C) groups is 1. The van der Waals surface area contributed by atoms with E-state index < -0.39 is 47.0 Å². The second kappa shape index (κ2) is 15.1. The fourth-order valence-electron chi connectivity index (χ4n) is 2.68. The molecule has 1 heterocycles. The van der Waals surface area contributed by atoms with Gasteiger partial charge in [-0.2, -0.15) is 8.42 Å². The first kappa shape index (κ1) is 28.3. The Hall–Kier alpha value is -0.720. The number of hydrogen-bond donors (Lipinski definition) is 2. The van der Waals surface area contributed by atoms with Gasteiger partial charge < -0.3 is 15.2 Å². The molecular weight excluding hydrogens is 415 g/mol. The molecule has 1 amide bonds. The summed E-state index contributed by atoms with van der Waals surface area (Å²) in [6.45, 7) is 1.38. The van der Waals surface area contributed by atoms with Crippen molar-refractivity contribution in [2.45, 2.75) is 83.4 Å². The van der Waals surface area contributed by atoms with E-state index in [1.807, 2.05) is 0 Å². The third kappa shape index (κ3) is 13.2. The number of esters is 1. The average molecular weight is 444 g/mol. The summed E-state index contributed by atoms with van der Waals surface area (Å²) >= 11 is 0. The van der Waals surface area contributed by atoms with E-state index in [0.29, 0.717) is 6.42 Å². The predicted molar refractivity (Wildman–Crippen MR) is 98.6 cm³/mol. The van der Waals surface area contributed by atoms with Crippen molar-refractivity contribution in [3.05, 3.63) is 0 Å². The number of amides is 1. The van der Waals surface area contributed by atoms with E-state index in [1.165, 1.54) is 32.1 Å². The van der Waals surface area contributed by atoms with Crippen LogP contribution in [-0.4, -0.2) is 49.6 Å². The molecule has 0 unspecified atom stereocenters. The van der Waals surface area contributed by atoms with Crippen LogP contribution in [0.15, 0.2) is 4.99 Å². The molecule has 0 aromatic heterocycles. The number of rotatable bonds is 14. The summed E-state index contributed by atoms with van der Waals surface area (Å²) in [5.74, 6) is -2.40. The second-order valence-corrected chi connectivity index (χ2v) is 7.75. The third-order valence-electron chi connectivity index (χ3n) is 4.19. The number of nitrogens with zero attached hydrogens (tertiary/aromatic N) is 1. The van der Waals surface area contributed by atoms with Gasteiger partial charge in [0.1, 0.15) is 0 Å². The van der Waals surface area contributed by atoms with Crippen LogP contribution >= 0.6 is 0 Å². The summed E-state index contributed by atoms with van der Waals surface area (Å²) in [7, 11) is -4.75. The molecule has 1 aliphatic heterocycles. The van der Waals surface area contributed by atoms with Crippen LogP contribution in [0, 0.1) is 0 Å². The van der Waals surface area contributed by atoms with Gasteiger partial charge in [0.15, 0.2) is 0 Å². The summed E-state index contributed by atoms with van der Waals surface area (Å²) in [6, 6.07) is -1.37. The van der Waals surface area contributed by atoms with Crippen LogP contribution in [-0.2, 0) is 28.9 Å². The maximum Gasteiger partial charge on any atom is 1.00 e. The Labute approximate surface area is 194 Å². The Morgan fingerprint density at radius 2 is 1.69 bits per heavy atom. The summed E-state index contributed by atoms with van der Waals surface area (Å²) in [5, 5.41) is 13.9. The maximum absolute atomic E-state index is 11.8. The number of carbonyl (C=O) groups is 2. The Balaban J connectivity index is 0.00000784. The first-order valence-electron chi connectivity index (χ1n) is 9.59. The second-order valence-electron chi connectivity index (χ2n) is 6.66. The van der Waals surface area contributed by atoms with Gasteiger partial charge in [0, 0.05) is 6.42 Å². The molecule has 10 nitrogen and oxygen atoms in total. The number of hydrogen-bond acceptors (Lipinski definition) is 8. The minimum Gasteiger partial charge on any atom is -0.860 e. The molecule has 2 atom stereocenters. The van der Waals surface area contributed by atoms with Crippen molar-refractivity contribution in [1.29, 1.82) is 0 Å². The largest absolute Gasteiger partial charge is 1.00 e. The molecule has 0 spiro atoms. The third-order valence-corrected chi connectivity index (χ3v) is 4.63. The zero-order valence-corrected chi connectivity index (χ0v) is 19.9. The van der Waals surface area contributed by atoms with Crippen molar-refractivity contribution in [2.75, 3.05) is 6.61 Å². The van der Waals surface area contributed by atoms with Crippen LogP contribution in [0.25, 0.3) is 0 Å². The molecule has 29 heavy (non-hydrogen) atoms. The quantitative estimate of drug-likeness (QED) is 0.133. The molecule has 0 bridgehead atoms. The molecule has 0 aromatic rings. The van der Waals surface area contributed by atoms with E-state index in [-0.39, 0.29) is 36.0 Å². The van der Waals surface area contributed by atoms with Crippen molar-refractivity contribution in [3.8, 4) is 0 Å². The predicted octanol–water partition coefficient (Wildman–Crippen LogP) is -2.14. The molecule has 12 heteroatoms. The van der Waals surface area contributed by atoms with Crippen LogP contribution in [0.1, 0.15) is 71.1 Å². The first-order chi connectivity index (χ1) is 13.2. The Morgan fingerprint density at radius 1 is 1.14 bits per heavy atom. The number of nitrogens with one attached hydrogen (secondary N) is 1. The molecule has 0 saturated heterocycles. The van der Waals surface area contributed by atoms with Crippen molar-refractivity contribution in [2.24, 2.45) is 4.99 Å². The van der Waals surface area contributed by atoms with Gasteiger partial charge in [-0.25, -0.2) is 4.18 Å². The van der Waals surface area contributed by atoms with Crippen LogP contribution in [0.2, 0.25) is 0 Å². The maximum atomic E-state index is 11.8. The van der Waals surface area contributed by atoms with Gasteiger partial charge in [0.05, 0.1) is 12.6 Å². The van der Waals surface area contributed by atoms with Gasteiger partial charge in [0.25, 0.3) is 12.1 Å².